The van der Waals surface area contributed by atoms with Crippen LogP contribution in [0.25, 0.3) is 11.1 Å². The van der Waals surface area contributed by atoms with Gasteiger partial charge in [0.05, 0.1) is 0 Å². The maximum absolute atomic E-state index is 12.5. The number of primary amides is 1. The van der Waals surface area contributed by atoms with Gasteiger partial charge in [-0.25, -0.2) is 0 Å². The van der Waals surface area contributed by atoms with E-state index in [0.29, 0.717) is 12.0 Å². The van der Waals surface area contributed by atoms with Gasteiger partial charge >= 0.3 is 0 Å². The number of nitrogens with one attached hydrogen (secondary N) is 1. The van der Waals surface area contributed by atoms with Gasteiger partial charge in [-0.15, -0.1) is 0 Å². The lowest BCUT2D eigenvalue weighted by atomic mass is 10.0. The first-order valence-electron chi connectivity index (χ1n) is 8.84. The fourth-order valence-electron chi connectivity index (χ4n) is 2.87. The SMILES string of the molecule is Cc1ccc(C[C@H](NC(=O)c2ccc(-c3ccccc3)cc2)C(N)=O)cc1. The van der Waals surface area contributed by atoms with Crippen LogP contribution in [0.3, 0.4) is 0 Å². The van der Waals surface area contributed by atoms with Crippen LogP contribution < -0.4 is 11.1 Å². The second-order valence-electron chi connectivity index (χ2n) is 6.56. The van der Waals surface area contributed by atoms with Gasteiger partial charge in [0, 0.05) is 12.0 Å². The number of rotatable bonds is 6. The molecule has 0 saturated carbocycles. The van der Waals surface area contributed by atoms with Gasteiger partial charge in [-0.1, -0.05) is 72.3 Å². The molecular weight excluding hydrogens is 336 g/mol. The Hall–Kier alpha value is -3.40. The molecule has 0 fully saturated rings. The normalized spacial score (nSPS) is 11.6. The fourth-order valence-corrected chi connectivity index (χ4v) is 2.87. The van der Waals surface area contributed by atoms with Gasteiger partial charge < -0.3 is 11.1 Å². The summed E-state index contributed by atoms with van der Waals surface area (Å²) in [6.07, 6.45) is 0.365. The minimum absolute atomic E-state index is 0.314. The van der Waals surface area contributed by atoms with Crippen LogP contribution in [0.15, 0.2) is 78.9 Å². The van der Waals surface area contributed by atoms with Crippen LogP contribution in [-0.2, 0) is 11.2 Å². The van der Waals surface area contributed by atoms with Gasteiger partial charge in [-0.2, -0.15) is 0 Å². The van der Waals surface area contributed by atoms with E-state index in [1.54, 1.807) is 12.1 Å². The average molecular weight is 358 g/mol. The topological polar surface area (TPSA) is 72.2 Å². The van der Waals surface area contributed by atoms with Gasteiger partial charge in [-0.05, 0) is 35.7 Å². The number of benzene rings is 3. The van der Waals surface area contributed by atoms with Crippen LogP contribution in [0.2, 0.25) is 0 Å². The Morgan fingerprint density at radius 3 is 2.04 bits per heavy atom. The maximum Gasteiger partial charge on any atom is 0.251 e. The molecule has 0 unspecified atom stereocenters. The van der Waals surface area contributed by atoms with Crippen molar-refractivity contribution >= 4 is 11.8 Å². The highest BCUT2D eigenvalue weighted by Gasteiger charge is 2.19. The quantitative estimate of drug-likeness (QED) is 0.708. The molecule has 136 valence electrons. The molecule has 3 rings (SSSR count). The molecule has 2 amide bonds. The Bertz CT molecular complexity index is 917. The Kier molecular flexibility index (Phi) is 5.67. The van der Waals surface area contributed by atoms with Crippen molar-refractivity contribution in [3.05, 3.63) is 95.6 Å². The largest absolute Gasteiger partial charge is 0.368 e. The minimum Gasteiger partial charge on any atom is -0.368 e. The molecule has 0 bridgehead atoms. The van der Waals surface area contributed by atoms with Gasteiger partial charge in [0.2, 0.25) is 5.91 Å². The van der Waals surface area contributed by atoms with Gasteiger partial charge in [0.1, 0.15) is 6.04 Å². The maximum atomic E-state index is 12.5. The summed E-state index contributed by atoms with van der Waals surface area (Å²) in [5.74, 6) is -0.865. The lowest BCUT2D eigenvalue weighted by Gasteiger charge is -2.16. The van der Waals surface area contributed by atoms with Crippen LogP contribution in [0, 0.1) is 6.92 Å². The third-order valence-corrected chi connectivity index (χ3v) is 4.46. The lowest BCUT2D eigenvalue weighted by Crippen LogP contribution is -2.45. The molecule has 3 aromatic rings. The van der Waals surface area contributed by atoms with Crippen molar-refractivity contribution in [3.63, 3.8) is 0 Å². The van der Waals surface area contributed by atoms with E-state index in [1.807, 2.05) is 73.7 Å². The molecule has 0 saturated heterocycles. The number of hydrogen-bond acceptors (Lipinski definition) is 2. The first-order valence-corrected chi connectivity index (χ1v) is 8.84. The number of aryl methyl sites for hydroxylation is 1. The zero-order valence-electron chi connectivity index (χ0n) is 15.2. The number of hydrogen-bond donors (Lipinski definition) is 2. The smallest absolute Gasteiger partial charge is 0.251 e. The van der Waals surface area contributed by atoms with Crippen LogP contribution in [0.4, 0.5) is 0 Å². The van der Waals surface area contributed by atoms with E-state index in [0.717, 1.165) is 22.3 Å². The van der Waals surface area contributed by atoms with Gasteiger partial charge in [0.15, 0.2) is 0 Å². The molecule has 0 aliphatic rings. The minimum atomic E-state index is -0.756. The Morgan fingerprint density at radius 2 is 1.44 bits per heavy atom. The van der Waals surface area contributed by atoms with Gasteiger partial charge in [0.25, 0.3) is 5.91 Å². The Morgan fingerprint density at radius 1 is 0.852 bits per heavy atom. The molecule has 0 aliphatic heterocycles. The lowest BCUT2D eigenvalue weighted by molar-refractivity contribution is -0.119. The van der Waals surface area contributed by atoms with Crippen LogP contribution in [0.5, 0.6) is 0 Å². The molecule has 0 aromatic heterocycles. The van der Waals surface area contributed by atoms with E-state index in [1.165, 1.54) is 0 Å². The van der Waals surface area contributed by atoms with E-state index in [-0.39, 0.29) is 5.91 Å². The van der Waals surface area contributed by atoms with Crippen molar-refractivity contribution in [2.45, 2.75) is 19.4 Å². The summed E-state index contributed by atoms with van der Waals surface area (Å²) in [5.41, 5.74) is 10.2. The summed E-state index contributed by atoms with van der Waals surface area (Å²) in [4.78, 5) is 24.3. The summed E-state index contributed by atoms with van der Waals surface area (Å²) in [5, 5.41) is 2.74. The first kappa shape index (κ1) is 18.4. The molecule has 0 aliphatic carbocycles. The zero-order chi connectivity index (χ0) is 19.2. The average Bonchev–Trinajstić information content (AvgIpc) is 2.69. The molecular formula is C23H22N2O2. The fraction of sp³-hybridized carbons (Fsp3) is 0.130. The summed E-state index contributed by atoms with van der Waals surface area (Å²) >= 11 is 0. The highest BCUT2D eigenvalue weighted by molar-refractivity contribution is 5.97. The summed E-state index contributed by atoms with van der Waals surface area (Å²) in [6.45, 7) is 2.00. The summed E-state index contributed by atoms with van der Waals surface area (Å²) in [7, 11) is 0. The third kappa shape index (κ3) is 4.82. The van der Waals surface area contributed by atoms with Crippen LogP contribution in [0.1, 0.15) is 21.5 Å². The number of amides is 2. The molecule has 0 heterocycles. The number of carbonyl (C=O) groups is 2. The highest BCUT2D eigenvalue weighted by atomic mass is 16.2. The van der Waals surface area contributed by atoms with Crippen molar-refractivity contribution in [3.8, 4) is 11.1 Å². The highest BCUT2D eigenvalue weighted by Crippen LogP contribution is 2.19. The number of nitrogens with two attached hydrogens (primary N) is 1. The zero-order valence-corrected chi connectivity index (χ0v) is 15.2. The second kappa shape index (κ2) is 8.32. The van der Waals surface area contributed by atoms with Crippen molar-refractivity contribution in [2.75, 3.05) is 0 Å². The molecule has 4 nitrogen and oxygen atoms in total. The molecule has 0 radical (unpaired) electrons. The first-order chi connectivity index (χ1) is 13.0. The molecule has 3 aromatic carbocycles. The molecule has 1 atom stereocenters. The van der Waals surface area contributed by atoms with Crippen molar-refractivity contribution in [2.24, 2.45) is 5.73 Å². The molecule has 0 spiro atoms. The van der Waals surface area contributed by atoms with Crippen LogP contribution in [-0.4, -0.2) is 17.9 Å². The van der Waals surface area contributed by atoms with Crippen molar-refractivity contribution in [1.29, 1.82) is 0 Å². The van der Waals surface area contributed by atoms with E-state index in [2.05, 4.69) is 5.32 Å². The molecule has 3 N–H and O–H groups in total. The van der Waals surface area contributed by atoms with Crippen LogP contribution >= 0.6 is 0 Å². The summed E-state index contributed by atoms with van der Waals surface area (Å²) < 4.78 is 0. The second-order valence-corrected chi connectivity index (χ2v) is 6.56. The Labute approximate surface area is 159 Å². The Balaban J connectivity index is 1.70. The van der Waals surface area contributed by atoms with E-state index in [9.17, 15) is 9.59 Å². The standard InChI is InChI=1S/C23H22N2O2/c1-16-7-9-17(10-8-16)15-21(22(24)26)25-23(27)20-13-11-19(12-14-20)18-5-3-2-4-6-18/h2-14,21H,15H2,1H3,(H2,24,26)(H,25,27)/t21-/m0/s1. The van der Waals surface area contributed by atoms with Crippen molar-refractivity contribution < 1.29 is 9.59 Å². The monoisotopic (exact) mass is 358 g/mol. The van der Waals surface area contributed by atoms with E-state index in [4.69, 9.17) is 5.73 Å². The van der Waals surface area contributed by atoms with E-state index < -0.39 is 11.9 Å². The summed E-state index contributed by atoms with van der Waals surface area (Å²) in [6, 6.07) is 24.3. The van der Waals surface area contributed by atoms with E-state index >= 15 is 0 Å². The number of carbonyl (C=O) groups excluding carboxylic acids is 2. The predicted octanol–water partition coefficient (Wildman–Crippen LogP) is 3.49. The predicted molar refractivity (Wildman–Crippen MR) is 107 cm³/mol. The molecule has 4 heteroatoms. The molecule has 27 heavy (non-hydrogen) atoms. The third-order valence-electron chi connectivity index (χ3n) is 4.46. The van der Waals surface area contributed by atoms with Gasteiger partial charge in [-0.3, -0.25) is 9.59 Å². The van der Waals surface area contributed by atoms with Crippen molar-refractivity contribution in [1.82, 2.24) is 5.32 Å².